The minimum absolute atomic E-state index is 1.08. The fourth-order valence-electron chi connectivity index (χ4n) is 1.36. The molecule has 0 radical (unpaired) electrons. The van der Waals surface area contributed by atoms with Gasteiger partial charge in [0.2, 0.25) is 0 Å². The standard InChI is InChI=1S/C15H25Br/c1-2-3-4-5-6-7-8-9-10-11-12-13-14-15-16/h3-4,6-7,9-10H,2,5,8,11-15H2,1H3. The Bertz CT molecular complexity index is 201. The minimum Gasteiger partial charge on any atom is -0.0928 e. The molecule has 0 aromatic heterocycles. The third kappa shape index (κ3) is 13.7. The van der Waals surface area contributed by atoms with E-state index in [1.54, 1.807) is 0 Å². The van der Waals surface area contributed by atoms with Crippen LogP contribution in [-0.2, 0) is 0 Å². The first-order chi connectivity index (χ1) is 7.91. The van der Waals surface area contributed by atoms with Gasteiger partial charge in [-0.1, -0.05) is 65.7 Å². The van der Waals surface area contributed by atoms with Gasteiger partial charge in [-0.25, -0.2) is 0 Å². The summed E-state index contributed by atoms with van der Waals surface area (Å²) >= 11 is 3.45. The third-order valence-corrected chi connectivity index (χ3v) is 2.85. The van der Waals surface area contributed by atoms with Crippen LogP contribution in [0.4, 0.5) is 0 Å². The number of halogens is 1. The van der Waals surface area contributed by atoms with Crippen LogP contribution in [0, 0.1) is 0 Å². The van der Waals surface area contributed by atoms with E-state index in [0.29, 0.717) is 0 Å². The lowest BCUT2D eigenvalue weighted by Crippen LogP contribution is -1.75. The summed E-state index contributed by atoms with van der Waals surface area (Å²) < 4.78 is 0. The first-order valence-corrected chi connectivity index (χ1v) is 7.55. The van der Waals surface area contributed by atoms with Crippen molar-refractivity contribution in [2.75, 3.05) is 5.33 Å². The molecule has 16 heavy (non-hydrogen) atoms. The maximum Gasteiger partial charge on any atom is 0.00313 e. The van der Waals surface area contributed by atoms with E-state index in [1.165, 1.54) is 25.7 Å². The molecule has 0 aliphatic heterocycles. The largest absolute Gasteiger partial charge is 0.0928 e. The van der Waals surface area contributed by atoms with Crippen LogP contribution in [0.5, 0.6) is 0 Å². The van der Waals surface area contributed by atoms with E-state index in [-0.39, 0.29) is 0 Å². The molecule has 0 saturated heterocycles. The van der Waals surface area contributed by atoms with Crippen molar-refractivity contribution in [3.63, 3.8) is 0 Å². The Hall–Kier alpha value is -0.300. The second kappa shape index (κ2) is 14.7. The van der Waals surface area contributed by atoms with E-state index in [2.05, 4.69) is 59.3 Å². The summed E-state index contributed by atoms with van der Waals surface area (Å²) in [5.74, 6) is 0. The van der Waals surface area contributed by atoms with Crippen LogP contribution in [0.3, 0.4) is 0 Å². The maximum absolute atomic E-state index is 3.45. The average molecular weight is 285 g/mol. The Morgan fingerprint density at radius 3 is 2.00 bits per heavy atom. The highest BCUT2D eigenvalue weighted by atomic mass is 79.9. The molecular formula is C15H25Br. The van der Waals surface area contributed by atoms with E-state index in [4.69, 9.17) is 0 Å². The molecule has 0 spiro atoms. The van der Waals surface area contributed by atoms with Crippen molar-refractivity contribution < 1.29 is 0 Å². The highest BCUT2D eigenvalue weighted by molar-refractivity contribution is 9.09. The first kappa shape index (κ1) is 15.7. The number of hydrogen-bond acceptors (Lipinski definition) is 0. The van der Waals surface area contributed by atoms with Gasteiger partial charge in [0.15, 0.2) is 0 Å². The predicted molar refractivity (Wildman–Crippen MR) is 79.2 cm³/mol. The summed E-state index contributed by atoms with van der Waals surface area (Å²) in [6.07, 6.45) is 22.0. The smallest absolute Gasteiger partial charge is 0.00313 e. The average Bonchev–Trinajstić information content (AvgIpc) is 2.31. The number of unbranched alkanes of at least 4 members (excludes halogenated alkanes) is 3. The van der Waals surface area contributed by atoms with Crippen molar-refractivity contribution >= 4 is 15.9 Å². The third-order valence-electron chi connectivity index (χ3n) is 2.28. The summed E-state index contributed by atoms with van der Waals surface area (Å²) in [5.41, 5.74) is 0. The Labute approximate surface area is 110 Å². The van der Waals surface area contributed by atoms with Gasteiger partial charge < -0.3 is 0 Å². The SMILES string of the molecule is CCC=CCC=CCC=CCCCCCBr. The van der Waals surface area contributed by atoms with Crippen molar-refractivity contribution in [1.82, 2.24) is 0 Å². The van der Waals surface area contributed by atoms with Gasteiger partial charge in [-0.2, -0.15) is 0 Å². The Balaban J connectivity index is 3.23. The van der Waals surface area contributed by atoms with Crippen molar-refractivity contribution in [3.8, 4) is 0 Å². The van der Waals surface area contributed by atoms with E-state index >= 15 is 0 Å². The fraction of sp³-hybridized carbons (Fsp3) is 0.600. The molecule has 0 amide bonds. The van der Waals surface area contributed by atoms with Crippen molar-refractivity contribution in [2.45, 2.75) is 51.9 Å². The van der Waals surface area contributed by atoms with E-state index in [0.717, 1.165) is 24.6 Å². The monoisotopic (exact) mass is 284 g/mol. The molecule has 0 atom stereocenters. The molecule has 92 valence electrons. The molecule has 0 bridgehead atoms. The van der Waals surface area contributed by atoms with Crippen LogP contribution in [0.25, 0.3) is 0 Å². The van der Waals surface area contributed by atoms with Gasteiger partial charge in [-0.15, -0.1) is 0 Å². The van der Waals surface area contributed by atoms with Crippen LogP contribution in [0.15, 0.2) is 36.5 Å². The number of allylic oxidation sites excluding steroid dienone is 6. The molecular weight excluding hydrogens is 260 g/mol. The second-order valence-corrected chi connectivity index (χ2v) is 4.63. The van der Waals surface area contributed by atoms with Crippen LogP contribution >= 0.6 is 15.9 Å². The Kier molecular flexibility index (Phi) is 14.4. The lowest BCUT2D eigenvalue weighted by molar-refractivity contribution is 0.736. The molecule has 1 heteroatoms. The van der Waals surface area contributed by atoms with Gasteiger partial charge in [-0.05, 0) is 38.5 Å². The van der Waals surface area contributed by atoms with Crippen LogP contribution in [0.2, 0.25) is 0 Å². The topological polar surface area (TPSA) is 0 Å². The van der Waals surface area contributed by atoms with Crippen LogP contribution in [0.1, 0.15) is 51.9 Å². The number of alkyl halides is 1. The van der Waals surface area contributed by atoms with E-state index < -0.39 is 0 Å². The molecule has 0 aromatic rings. The molecule has 0 unspecified atom stereocenters. The minimum atomic E-state index is 1.08. The quantitative estimate of drug-likeness (QED) is 0.270. The van der Waals surface area contributed by atoms with Crippen molar-refractivity contribution in [3.05, 3.63) is 36.5 Å². The lowest BCUT2D eigenvalue weighted by Gasteiger charge is -1.92. The molecule has 0 aromatic carbocycles. The molecule has 0 rings (SSSR count). The van der Waals surface area contributed by atoms with Gasteiger partial charge in [0.25, 0.3) is 0 Å². The van der Waals surface area contributed by atoms with Gasteiger partial charge >= 0.3 is 0 Å². The summed E-state index contributed by atoms with van der Waals surface area (Å²) in [6.45, 7) is 2.17. The van der Waals surface area contributed by atoms with Crippen LogP contribution < -0.4 is 0 Å². The zero-order chi connectivity index (χ0) is 11.9. The van der Waals surface area contributed by atoms with E-state index in [9.17, 15) is 0 Å². The summed E-state index contributed by atoms with van der Waals surface area (Å²) in [7, 11) is 0. The molecule has 0 fully saturated rings. The molecule has 0 heterocycles. The van der Waals surface area contributed by atoms with Gasteiger partial charge in [-0.3, -0.25) is 0 Å². The molecule has 0 aliphatic carbocycles. The molecule has 0 saturated carbocycles. The maximum atomic E-state index is 3.45. The molecule has 0 N–H and O–H groups in total. The van der Waals surface area contributed by atoms with Gasteiger partial charge in [0, 0.05) is 5.33 Å². The van der Waals surface area contributed by atoms with E-state index in [1.807, 2.05) is 0 Å². The lowest BCUT2D eigenvalue weighted by atomic mass is 10.2. The summed E-state index contributed by atoms with van der Waals surface area (Å²) in [6, 6.07) is 0. The fourth-order valence-corrected chi connectivity index (χ4v) is 1.76. The second-order valence-electron chi connectivity index (χ2n) is 3.83. The van der Waals surface area contributed by atoms with Gasteiger partial charge in [0.05, 0.1) is 0 Å². The molecule has 0 nitrogen and oxygen atoms in total. The van der Waals surface area contributed by atoms with Crippen molar-refractivity contribution in [2.24, 2.45) is 0 Å². The van der Waals surface area contributed by atoms with Crippen molar-refractivity contribution in [1.29, 1.82) is 0 Å². The highest BCUT2D eigenvalue weighted by Gasteiger charge is 1.84. The Morgan fingerprint density at radius 2 is 1.38 bits per heavy atom. The molecule has 0 aliphatic rings. The number of rotatable bonds is 10. The van der Waals surface area contributed by atoms with Gasteiger partial charge in [0.1, 0.15) is 0 Å². The highest BCUT2D eigenvalue weighted by Crippen LogP contribution is 2.03. The number of hydrogen-bond donors (Lipinski definition) is 0. The zero-order valence-corrected chi connectivity index (χ0v) is 12.1. The summed E-state index contributed by atoms with van der Waals surface area (Å²) in [4.78, 5) is 0. The normalized spacial score (nSPS) is 12.4. The Morgan fingerprint density at radius 1 is 0.750 bits per heavy atom. The zero-order valence-electron chi connectivity index (χ0n) is 10.5. The first-order valence-electron chi connectivity index (χ1n) is 6.42. The van der Waals surface area contributed by atoms with Crippen LogP contribution in [-0.4, -0.2) is 5.33 Å². The summed E-state index contributed by atoms with van der Waals surface area (Å²) in [5, 5.41) is 1.14. The predicted octanol–water partition coefficient (Wildman–Crippen LogP) is 5.80.